The molecule has 0 aliphatic rings. The zero-order valence-corrected chi connectivity index (χ0v) is 14.4. The number of benzene rings is 2. The molecule has 2 aromatic rings. The van der Waals surface area contributed by atoms with Gasteiger partial charge in [0.2, 0.25) is 0 Å². The van der Waals surface area contributed by atoms with E-state index in [2.05, 4.69) is 41.4 Å². The third-order valence-electron chi connectivity index (χ3n) is 3.66. The molecule has 0 aromatic heterocycles. The van der Waals surface area contributed by atoms with E-state index in [1.807, 2.05) is 30.3 Å². The number of carbonyl (C=O) groups is 1. The summed E-state index contributed by atoms with van der Waals surface area (Å²) in [6, 6.07) is 17.3. The summed E-state index contributed by atoms with van der Waals surface area (Å²) in [5, 5.41) is 4.03. The third-order valence-corrected chi connectivity index (χ3v) is 3.66. The highest BCUT2D eigenvalue weighted by atomic mass is 16.2. The first-order valence-electron chi connectivity index (χ1n) is 8.48. The minimum Gasteiger partial charge on any atom is -0.372 e. The molecular formula is C20H25N3O. The molecule has 24 heavy (non-hydrogen) atoms. The Morgan fingerprint density at radius 2 is 1.62 bits per heavy atom. The molecule has 0 heterocycles. The molecule has 2 aromatic carbocycles. The van der Waals surface area contributed by atoms with Crippen molar-refractivity contribution in [2.75, 3.05) is 18.0 Å². The minimum atomic E-state index is -0.208. The van der Waals surface area contributed by atoms with Crippen LogP contribution in [0.15, 0.2) is 59.7 Å². The summed E-state index contributed by atoms with van der Waals surface area (Å²) in [6.45, 7) is 6.51. The number of carbonyl (C=O) groups excluding carboxylic acids is 1. The van der Waals surface area contributed by atoms with Crippen molar-refractivity contribution in [2.24, 2.45) is 5.10 Å². The lowest BCUT2D eigenvalue weighted by Gasteiger charge is -2.23. The average Bonchev–Trinajstić information content (AvgIpc) is 2.63. The fourth-order valence-corrected chi connectivity index (χ4v) is 2.50. The van der Waals surface area contributed by atoms with Gasteiger partial charge in [0.15, 0.2) is 0 Å². The van der Waals surface area contributed by atoms with E-state index < -0.39 is 0 Å². The Morgan fingerprint density at radius 3 is 2.21 bits per heavy atom. The van der Waals surface area contributed by atoms with Crippen LogP contribution in [-0.2, 0) is 0 Å². The number of anilines is 1. The molecule has 0 saturated carbocycles. The van der Waals surface area contributed by atoms with Crippen molar-refractivity contribution >= 4 is 17.8 Å². The number of nitrogens with zero attached hydrogens (tertiary/aromatic N) is 2. The third kappa shape index (κ3) is 5.23. The summed E-state index contributed by atoms with van der Waals surface area (Å²) in [5.41, 5.74) is 5.33. The van der Waals surface area contributed by atoms with Gasteiger partial charge in [-0.2, -0.15) is 5.10 Å². The van der Waals surface area contributed by atoms with Gasteiger partial charge in [-0.05, 0) is 42.7 Å². The standard InChI is InChI=1S/C20H25N3O/c1-3-14-23(15-4-2)19-12-10-17(11-13-19)16-21-22-20(24)18-8-6-5-7-9-18/h5-13,16H,3-4,14-15H2,1-2H3,(H,22,24). The van der Waals surface area contributed by atoms with E-state index in [-0.39, 0.29) is 5.91 Å². The number of hydrazone groups is 1. The van der Waals surface area contributed by atoms with Gasteiger partial charge in [0.25, 0.3) is 5.91 Å². The van der Waals surface area contributed by atoms with Gasteiger partial charge >= 0.3 is 0 Å². The van der Waals surface area contributed by atoms with Gasteiger partial charge in [-0.15, -0.1) is 0 Å². The topological polar surface area (TPSA) is 44.7 Å². The second-order valence-electron chi connectivity index (χ2n) is 5.64. The second-order valence-corrected chi connectivity index (χ2v) is 5.64. The second kappa shape index (κ2) is 9.50. The molecule has 0 aliphatic carbocycles. The van der Waals surface area contributed by atoms with Gasteiger partial charge in [-0.1, -0.05) is 44.2 Å². The minimum absolute atomic E-state index is 0.208. The highest BCUT2D eigenvalue weighted by Crippen LogP contribution is 2.15. The maximum absolute atomic E-state index is 11.9. The molecule has 4 nitrogen and oxygen atoms in total. The van der Waals surface area contributed by atoms with E-state index in [9.17, 15) is 4.79 Å². The van der Waals surface area contributed by atoms with Gasteiger partial charge < -0.3 is 4.90 Å². The van der Waals surface area contributed by atoms with Crippen molar-refractivity contribution < 1.29 is 4.79 Å². The van der Waals surface area contributed by atoms with E-state index in [1.54, 1.807) is 18.3 Å². The number of nitrogens with one attached hydrogen (secondary N) is 1. The quantitative estimate of drug-likeness (QED) is 0.588. The van der Waals surface area contributed by atoms with Crippen LogP contribution in [0.4, 0.5) is 5.69 Å². The van der Waals surface area contributed by atoms with Gasteiger partial charge in [-0.25, -0.2) is 5.43 Å². The Balaban J connectivity index is 1.94. The highest BCUT2D eigenvalue weighted by molar-refractivity contribution is 5.94. The summed E-state index contributed by atoms with van der Waals surface area (Å²) < 4.78 is 0. The molecule has 0 atom stereocenters. The number of hydrogen-bond acceptors (Lipinski definition) is 3. The molecular weight excluding hydrogens is 298 g/mol. The molecule has 0 fully saturated rings. The highest BCUT2D eigenvalue weighted by Gasteiger charge is 2.04. The summed E-state index contributed by atoms with van der Waals surface area (Å²) in [6.07, 6.45) is 3.93. The lowest BCUT2D eigenvalue weighted by molar-refractivity contribution is 0.0955. The Bertz CT molecular complexity index is 644. The lowest BCUT2D eigenvalue weighted by Crippen LogP contribution is -2.24. The van der Waals surface area contributed by atoms with E-state index in [0.29, 0.717) is 5.56 Å². The lowest BCUT2D eigenvalue weighted by atomic mass is 10.2. The molecule has 4 heteroatoms. The van der Waals surface area contributed by atoms with Crippen LogP contribution in [0.25, 0.3) is 0 Å². The summed E-state index contributed by atoms with van der Waals surface area (Å²) in [4.78, 5) is 14.3. The zero-order chi connectivity index (χ0) is 17.2. The molecule has 1 N–H and O–H groups in total. The first-order valence-corrected chi connectivity index (χ1v) is 8.48. The maximum Gasteiger partial charge on any atom is 0.271 e. The Kier molecular flexibility index (Phi) is 7.02. The Labute approximate surface area is 144 Å². The van der Waals surface area contributed by atoms with Crippen LogP contribution in [-0.4, -0.2) is 25.2 Å². The summed E-state index contributed by atoms with van der Waals surface area (Å²) in [5.74, 6) is -0.208. The molecule has 0 bridgehead atoms. The molecule has 0 aliphatic heterocycles. The Hall–Kier alpha value is -2.62. The summed E-state index contributed by atoms with van der Waals surface area (Å²) >= 11 is 0. The average molecular weight is 323 g/mol. The molecule has 0 saturated heterocycles. The fraction of sp³-hybridized carbons (Fsp3) is 0.300. The van der Waals surface area contributed by atoms with Crippen LogP contribution in [0.1, 0.15) is 42.6 Å². The van der Waals surface area contributed by atoms with Gasteiger partial charge in [0.1, 0.15) is 0 Å². The van der Waals surface area contributed by atoms with E-state index >= 15 is 0 Å². The molecule has 2 rings (SSSR count). The molecule has 126 valence electrons. The predicted octanol–water partition coefficient (Wildman–Crippen LogP) is 4.08. The van der Waals surface area contributed by atoms with Crippen molar-refractivity contribution in [3.8, 4) is 0 Å². The molecule has 0 radical (unpaired) electrons. The monoisotopic (exact) mass is 323 g/mol. The van der Waals surface area contributed by atoms with Crippen molar-refractivity contribution in [1.29, 1.82) is 0 Å². The van der Waals surface area contributed by atoms with Crippen molar-refractivity contribution in [3.05, 3.63) is 65.7 Å². The van der Waals surface area contributed by atoms with Gasteiger partial charge in [-0.3, -0.25) is 4.79 Å². The number of hydrogen-bond donors (Lipinski definition) is 1. The van der Waals surface area contributed by atoms with Crippen LogP contribution in [0.2, 0.25) is 0 Å². The van der Waals surface area contributed by atoms with Crippen LogP contribution in [0.5, 0.6) is 0 Å². The van der Waals surface area contributed by atoms with Crippen LogP contribution in [0, 0.1) is 0 Å². The van der Waals surface area contributed by atoms with Crippen LogP contribution in [0.3, 0.4) is 0 Å². The fourth-order valence-electron chi connectivity index (χ4n) is 2.50. The Morgan fingerprint density at radius 1 is 1.00 bits per heavy atom. The largest absolute Gasteiger partial charge is 0.372 e. The summed E-state index contributed by atoms with van der Waals surface area (Å²) in [7, 11) is 0. The van der Waals surface area contributed by atoms with Crippen LogP contribution >= 0.6 is 0 Å². The van der Waals surface area contributed by atoms with Crippen molar-refractivity contribution in [2.45, 2.75) is 26.7 Å². The number of amides is 1. The maximum atomic E-state index is 11.9. The van der Waals surface area contributed by atoms with E-state index in [4.69, 9.17) is 0 Å². The SMILES string of the molecule is CCCN(CCC)c1ccc(C=NNC(=O)c2ccccc2)cc1. The molecule has 0 unspecified atom stereocenters. The van der Waals surface area contributed by atoms with Crippen LogP contribution < -0.4 is 10.3 Å². The number of rotatable bonds is 8. The molecule has 1 amide bonds. The smallest absolute Gasteiger partial charge is 0.271 e. The van der Waals surface area contributed by atoms with E-state index in [0.717, 1.165) is 31.5 Å². The normalized spacial score (nSPS) is 10.8. The first-order chi connectivity index (χ1) is 11.7. The van der Waals surface area contributed by atoms with Gasteiger partial charge in [0, 0.05) is 24.3 Å². The van der Waals surface area contributed by atoms with E-state index in [1.165, 1.54) is 5.69 Å². The molecule has 0 spiro atoms. The zero-order valence-electron chi connectivity index (χ0n) is 14.4. The first kappa shape index (κ1) is 17.7. The van der Waals surface area contributed by atoms with Crippen molar-refractivity contribution in [1.82, 2.24) is 5.43 Å². The van der Waals surface area contributed by atoms with Crippen molar-refractivity contribution in [3.63, 3.8) is 0 Å². The van der Waals surface area contributed by atoms with Gasteiger partial charge in [0.05, 0.1) is 6.21 Å². The predicted molar refractivity (Wildman–Crippen MR) is 101 cm³/mol.